The van der Waals surface area contributed by atoms with Crippen LogP contribution in [0.5, 0.6) is 0 Å². The van der Waals surface area contributed by atoms with Crippen molar-refractivity contribution in [2.75, 3.05) is 0 Å². The van der Waals surface area contributed by atoms with Crippen LogP contribution in [0.2, 0.25) is 0 Å². The van der Waals surface area contributed by atoms with Crippen LogP contribution in [0.3, 0.4) is 0 Å². The molecular formula is C10H11BrN2O2. The highest BCUT2D eigenvalue weighted by molar-refractivity contribution is 9.09. The lowest BCUT2D eigenvalue weighted by Crippen LogP contribution is -2.47. The lowest BCUT2D eigenvalue weighted by molar-refractivity contribution is 0.185. The maximum Gasteiger partial charge on any atom is 0.419 e. The zero-order chi connectivity index (χ0) is 10.9. The summed E-state index contributed by atoms with van der Waals surface area (Å²) in [7, 11) is 0. The number of hydrazine groups is 1. The Morgan fingerprint density at radius 1 is 1.47 bits per heavy atom. The molecule has 2 rings (SSSR count). The monoisotopic (exact) mass is 270 g/mol. The lowest BCUT2D eigenvalue weighted by Gasteiger charge is -2.24. The highest BCUT2D eigenvalue weighted by atomic mass is 79.9. The predicted octanol–water partition coefficient (Wildman–Crippen LogP) is 1.95. The number of fused-ring (bicyclic) bond motifs is 1. The van der Waals surface area contributed by atoms with Gasteiger partial charge in [-0.1, -0.05) is 40.2 Å². The first-order valence-corrected chi connectivity index (χ1v) is 5.44. The van der Waals surface area contributed by atoms with Crippen molar-refractivity contribution in [3.05, 3.63) is 35.4 Å². The summed E-state index contributed by atoms with van der Waals surface area (Å²) in [5.41, 5.74) is 7.31. The van der Waals surface area contributed by atoms with Crippen LogP contribution < -0.4 is 10.9 Å². The molecule has 15 heavy (non-hydrogen) atoms. The molecule has 0 radical (unpaired) electrons. The molecular weight excluding hydrogens is 260 g/mol. The van der Waals surface area contributed by atoms with E-state index in [2.05, 4.69) is 32.8 Å². The number of halogens is 1. The fraction of sp³-hybridized carbons (Fsp3) is 0.300. The minimum atomic E-state index is -1.08. The van der Waals surface area contributed by atoms with Crippen molar-refractivity contribution in [3.63, 3.8) is 0 Å². The highest BCUT2D eigenvalue weighted by Crippen LogP contribution is 2.40. The molecule has 4 nitrogen and oxygen atoms in total. The Labute approximate surface area is 95.8 Å². The lowest BCUT2D eigenvalue weighted by atomic mass is 10.1. The predicted molar refractivity (Wildman–Crippen MR) is 59.7 cm³/mol. The third kappa shape index (κ3) is 1.98. The van der Waals surface area contributed by atoms with Crippen LogP contribution in [0, 0.1) is 0 Å². The van der Waals surface area contributed by atoms with Crippen molar-refractivity contribution in [2.45, 2.75) is 17.3 Å². The Morgan fingerprint density at radius 2 is 2.20 bits per heavy atom. The van der Waals surface area contributed by atoms with Crippen LogP contribution >= 0.6 is 15.9 Å². The van der Waals surface area contributed by atoms with Crippen LogP contribution in [-0.4, -0.2) is 11.2 Å². The van der Waals surface area contributed by atoms with Gasteiger partial charge in [-0.25, -0.2) is 10.2 Å². The molecule has 0 aliphatic heterocycles. The maximum atomic E-state index is 10.4. The van der Waals surface area contributed by atoms with E-state index in [1.165, 1.54) is 5.56 Å². The fourth-order valence-corrected chi connectivity index (χ4v) is 2.53. The maximum absolute atomic E-state index is 10.4. The summed E-state index contributed by atoms with van der Waals surface area (Å²) in [5.74, 6) is 0. The van der Waals surface area contributed by atoms with E-state index >= 15 is 0 Å². The number of hydrogen-bond donors (Lipinski definition) is 3. The van der Waals surface area contributed by atoms with Crippen molar-refractivity contribution in [3.8, 4) is 0 Å². The van der Waals surface area contributed by atoms with Crippen LogP contribution in [0.4, 0.5) is 4.79 Å². The van der Waals surface area contributed by atoms with Crippen LogP contribution in [0.15, 0.2) is 24.3 Å². The van der Waals surface area contributed by atoms with Gasteiger partial charge in [0.2, 0.25) is 0 Å². The van der Waals surface area contributed by atoms with Gasteiger partial charge in [0, 0.05) is 0 Å². The molecule has 0 fully saturated rings. The number of aryl methyl sites for hydroxylation is 1. The van der Waals surface area contributed by atoms with Gasteiger partial charge >= 0.3 is 6.09 Å². The summed E-state index contributed by atoms with van der Waals surface area (Å²) >= 11 is 3.54. The third-order valence-corrected chi connectivity index (χ3v) is 3.57. The van der Waals surface area contributed by atoms with Gasteiger partial charge in [0.05, 0.1) is 0 Å². The second-order valence-electron chi connectivity index (χ2n) is 3.51. The first-order valence-electron chi connectivity index (χ1n) is 4.65. The first-order chi connectivity index (χ1) is 7.12. The molecule has 1 amide bonds. The molecule has 0 saturated carbocycles. The summed E-state index contributed by atoms with van der Waals surface area (Å²) < 4.78 is -0.470. The van der Waals surface area contributed by atoms with Gasteiger partial charge in [-0.2, -0.15) is 0 Å². The van der Waals surface area contributed by atoms with Crippen molar-refractivity contribution >= 4 is 22.0 Å². The second-order valence-corrected chi connectivity index (χ2v) is 4.87. The third-order valence-electron chi connectivity index (χ3n) is 2.55. The number of amides is 1. The van der Waals surface area contributed by atoms with E-state index in [9.17, 15) is 4.79 Å². The number of rotatable bonds is 2. The molecule has 1 aromatic rings. The van der Waals surface area contributed by atoms with Crippen LogP contribution in [-0.2, 0) is 10.9 Å². The van der Waals surface area contributed by atoms with E-state index < -0.39 is 10.5 Å². The molecule has 1 aliphatic carbocycles. The smallest absolute Gasteiger partial charge is 0.419 e. The summed E-state index contributed by atoms with van der Waals surface area (Å²) in [4.78, 5) is 10.4. The molecule has 5 heteroatoms. The van der Waals surface area contributed by atoms with Crippen molar-refractivity contribution < 1.29 is 9.90 Å². The first kappa shape index (κ1) is 10.4. The van der Waals surface area contributed by atoms with E-state index in [-0.39, 0.29) is 0 Å². The van der Waals surface area contributed by atoms with Crippen LogP contribution in [0.25, 0.3) is 0 Å². The van der Waals surface area contributed by atoms with Gasteiger partial charge in [0.15, 0.2) is 0 Å². The molecule has 1 aliphatic rings. The van der Waals surface area contributed by atoms with Crippen LogP contribution in [0.1, 0.15) is 17.5 Å². The number of alkyl halides is 1. The van der Waals surface area contributed by atoms with Gasteiger partial charge in [-0.3, -0.25) is 5.43 Å². The van der Waals surface area contributed by atoms with E-state index in [1.54, 1.807) is 0 Å². The quantitative estimate of drug-likeness (QED) is 0.437. The van der Waals surface area contributed by atoms with Gasteiger partial charge in [0.1, 0.15) is 4.45 Å². The van der Waals surface area contributed by atoms with Crippen molar-refractivity contribution in [1.82, 2.24) is 10.9 Å². The van der Waals surface area contributed by atoms with E-state index in [4.69, 9.17) is 5.11 Å². The van der Waals surface area contributed by atoms with E-state index in [0.717, 1.165) is 18.4 Å². The van der Waals surface area contributed by atoms with E-state index in [1.807, 2.05) is 18.2 Å². The number of benzene rings is 1. The summed E-state index contributed by atoms with van der Waals surface area (Å²) in [5, 5.41) is 8.54. The standard InChI is InChI=1S/C10H11BrN2O2/c11-10(13-12-9(14)15)6-5-7-3-1-2-4-8(7)10/h1-4,12-13H,5-6H2,(H,14,15). The molecule has 80 valence electrons. The Balaban J connectivity index is 2.21. The molecule has 0 saturated heterocycles. The average Bonchev–Trinajstić information content (AvgIpc) is 2.56. The normalized spacial score (nSPS) is 23.5. The van der Waals surface area contributed by atoms with Gasteiger partial charge in [-0.05, 0) is 24.0 Å². The highest BCUT2D eigenvalue weighted by Gasteiger charge is 2.36. The van der Waals surface area contributed by atoms with E-state index in [0.29, 0.717) is 0 Å². The zero-order valence-electron chi connectivity index (χ0n) is 7.96. The largest absolute Gasteiger partial charge is 0.464 e. The Hall–Kier alpha value is -1.07. The van der Waals surface area contributed by atoms with Crippen molar-refractivity contribution in [1.29, 1.82) is 0 Å². The summed E-state index contributed by atoms with van der Waals surface area (Å²) in [6, 6.07) is 7.99. The molecule has 0 aromatic heterocycles. The summed E-state index contributed by atoms with van der Waals surface area (Å²) in [6.07, 6.45) is 0.681. The topological polar surface area (TPSA) is 61.4 Å². The Kier molecular flexibility index (Phi) is 2.67. The molecule has 3 N–H and O–H groups in total. The molecule has 1 aromatic carbocycles. The zero-order valence-corrected chi connectivity index (χ0v) is 9.54. The van der Waals surface area contributed by atoms with Gasteiger partial charge in [-0.15, -0.1) is 0 Å². The van der Waals surface area contributed by atoms with Gasteiger partial charge < -0.3 is 5.11 Å². The second kappa shape index (κ2) is 3.83. The molecule has 0 spiro atoms. The van der Waals surface area contributed by atoms with Crippen molar-refractivity contribution in [2.24, 2.45) is 0 Å². The Bertz CT molecular complexity index is 397. The average molecular weight is 271 g/mol. The molecule has 1 unspecified atom stereocenters. The molecule has 0 bridgehead atoms. The number of hydrogen-bond acceptors (Lipinski definition) is 2. The number of carbonyl (C=O) groups is 1. The molecule has 0 heterocycles. The number of nitrogens with one attached hydrogen (secondary N) is 2. The minimum Gasteiger partial charge on any atom is -0.464 e. The fourth-order valence-electron chi connectivity index (χ4n) is 1.85. The Morgan fingerprint density at radius 3 is 2.93 bits per heavy atom. The van der Waals surface area contributed by atoms with Gasteiger partial charge in [0.25, 0.3) is 0 Å². The molecule has 1 atom stereocenters. The SMILES string of the molecule is O=C(O)NNC1(Br)CCc2ccccc21. The summed E-state index contributed by atoms with van der Waals surface area (Å²) in [6.45, 7) is 0. The minimum absolute atomic E-state index is 0.470. The number of carboxylic acid groups (broad SMARTS) is 1.